The zero-order valence-electron chi connectivity index (χ0n) is 21.4. The molecule has 8 nitrogen and oxygen atoms in total. The van der Waals surface area contributed by atoms with Gasteiger partial charge in [0.15, 0.2) is 0 Å². The highest BCUT2D eigenvalue weighted by atomic mass is 19.4. The van der Waals surface area contributed by atoms with Crippen LogP contribution < -0.4 is 10.1 Å². The lowest BCUT2D eigenvalue weighted by atomic mass is 9.90. The molecule has 3 heterocycles. The molecule has 1 unspecified atom stereocenters. The Labute approximate surface area is 218 Å². The summed E-state index contributed by atoms with van der Waals surface area (Å²) < 4.78 is 39.2. The molecule has 1 atom stereocenters. The van der Waals surface area contributed by atoms with Crippen molar-refractivity contribution in [1.29, 1.82) is 0 Å². The Morgan fingerprint density at radius 1 is 1.18 bits per heavy atom. The van der Waals surface area contributed by atoms with Crippen molar-refractivity contribution in [3.63, 3.8) is 0 Å². The number of carboxylic acids is 1. The summed E-state index contributed by atoms with van der Waals surface area (Å²) in [7, 11) is 3.88. The summed E-state index contributed by atoms with van der Waals surface area (Å²) >= 11 is 0. The largest absolute Gasteiger partial charge is 0.497 e. The highest BCUT2D eigenvalue weighted by Crippen LogP contribution is 2.39. The Morgan fingerprint density at radius 2 is 1.95 bits per heavy atom. The van der Waals surface area contributed by atoms with Crippen molar-refractivity contribution in [3.8, 4) is 17.0 Å². The molecular formula is C27H30F3N5O3. The van der Waals surface area contributed by atoms with E-state index in [1.165, 1.54) is 22.3 Å². The van der Waals surface area contributed by atoms with E-state index in [0.717, 1.165) is 55.3 Å². The third-order valence-electron chi connectivity index (χ3n) is 6.65. The van der Waals surface area contributed by atoms with Crippen molar-refractivity contribution >= 4 is 17.2 Å². The minimum Gasteiger partial charge on any atom is -0.497 e. The number of carboxylic acid groups (broad SMARTS) is 1. The van der Waals surface area contributed by atoms with Gasteiger partial charge in [-0.2, -0.15) is 13.2 Å². The number of aromatic nitrogens is 3. The molecule has 0 amide bonds. The van der Waals surface area contributed by atoms with E-state index in [4.69, 9.17) is 14.6 Å². The fourth-order valence-electron chi connectivity index (χ4n) is 4.66. The van der Waals surface area contributed by atoms with Crippen LogP contribution in [0.5, 0.6) is 5.75 Å². The first-order chi connectivity index (χ1) is 18.1. The molecule has 0 saturated heterocycles. The number of alkyl halides is 3. The summed E-state index contributed by atoms with van der Waals surface area (Å²) in [6, 6.07) is 15.2. The summed E-state index contributed by atoms with van der Waals surface area (Å²) in [4.78, 5) is 11.3. The zero-order valence-corrected chi connectivity index (χ0v) is 21.4. The number of carbonyl (C=O) groups is 1. The molecule has 3 aromatic rings. The lowest BCUT2D eigenvalue weighted by Gasteiger charge is -2.25. The molecule has 0 fully saturated rings. The third kappa shape index (κ3) is 6.16. The summed E-state index contributed by atoms with van der Waals surface area (Å²) in [5.74, 6) is -1.90. The molecule has 2 aromatic carbocycles. The zero-order chi connectivity index (χ0) is 27.4. The number of methoxy groups -OCH3 is 1. The first-order valence-corrected chi connectivity index (χ1v) is 12.2. The molecule has 38 heavy (non-hydrogen) atoms. The molecule has 202 valence electrons. The van der Waals surface area contributed by atoms with E-state index in [9.17, 15) is 13.2 Å². The molecular weight excluding hydrogens is 499 g/mol. The number of likely N-dealkylation sites (N-methyl/N-ethyl adjacent to an activating group) is 1. The minimum absolute atomic E-state index is 0.176. The molecule has 2 N–H and O–H groups in total. The van der Waals surface area contributed by atoms with E-state index in [0.29, 0.717) is 0 Å². The number of hydrogen-bond acceptors (Lipinski definition) is 6. The fourth-order valence-corrected chi connectivity index (χ4v) is 4.66. The molecule has 0 saturated carbocycles. The number of nitrogens with zero attached hydrogens (tertiary/aromatic N) is 4. The summed E-state index contributed by atoms with van der Waals surface area (Å²) in [5, 5.41) is 19.6. The SMILES string of the molecule is COc1cccc(NC2CCn3nnc(C)c3-c3ccc(C4=CCN(C)CC4)cc32)c1.O=C(O)C(F)(F)F. The predicted molar refractivity (Wildman–Crippen MR) is 138 cm³/mol. The van der Waals surface area contributed by atoms with Gasteiger partial charge in [-0.1, -0.05) is 29.5 Å². The van der Waals surface area contributed by atoms with E-state index in [1.807, 2.05) is 19.1 Å². The molecule has 0 aliphatic carbocycles. The van der Waals surface area contributed by atoms with Crippen molar-refractivity contribution in [2.75, 3.05) is 32.6 Å². The van der Waals surface area contributed by atoms with Crippen LogP contribution in [0.3, 0.4) is 0 Å². The monoisotopic (exact) mass is 529 g/mol. The lowest BCUT2D eigenvalue weighted by molar-refractivity contribution is -0.192. The van der Waals surface area contributed by atoms with Crippen LogP contribution in [0.4, 0.5) is 18.9 Å². The highest BCUT2D eigenvalue weighted by Gasteiger charge is 2.38. The number of anilines is 1. The van der Waals surface area contributed by atoms with Crippen molar-refractivity contribution in [2.24, 2.45) is 0 Å². The predicted octanol–water partition coefficient (Wildman–Crippen LogP) is 5.17. The smallest absolute Gasteiger partial charge is 0.490 e. The average molecular weight is 530 g/mol. The standard InChI is InChI=1S/C25H29N5O.C2HF3O2/c1-17-25-22-8-7-19(18-9-12-29(2)13-10-18)15-23(22)24(11-14-30(25)28-27-17)26-20-5-4-6-21(16-20)31-3;3-2(4,5)1(6)7/h4-9,15-16,24,26H,10-14H2,1-3H3;(H,6,7). The topological polar surface area (TPSA) is 92.5 Å². The van der Waals surface area contributed by atoms with Gasteiger partial charge in [-0.3, -0.25) is 0 Å². The van der Waals surface area contributed by atoms with Gasteiger partial charge in [0, 0.05) is 37.0 Å². The Hall–Kier alpha value is -3.86. The van der Waals surface area contributed by atoms with Crippen LogP contribution in [0.15, 0.2) is 48.5 Å². The second-order valence-electron chi connectivity index (χ2n) is 9.31. The van der Waals surface area contributed by atoms with Gasteiger partial charge in [0.1, 0.15) is 5.75 Å². The molecule has 0 bridgehead atoms. The van der Waals surface area contributed by atoms with Crippen LogP contribution in [-0.2, 0) is 11.3 Å². The molecule has 2 aliphatic rings. The number of aryl methyl sites for hydroxylation is 2. The molecule has 0 spiro atoms. The van der Waals surface area contributed by atoms with Gasteiger partial charge in [0.25, 0.3) is 0 Å². The quantitative estimate of drug-likeness (QED) is 0.482. The van der Waals surface area contributed by atoms with Crippen LogP contribution in [-0.4, -0.2) is 64.4 Å². The van der Waals surface area contributed by atoms with Gasteiger partial charge < -0.3 is 20.1 Å². The Balaban J connectivity index is 0.000000426. The second-order valence-corrected chi connectivity index (χ2v) is 9.31. The normalized spacial score (nSPS) is 17.2. The van der Waals surface area contributed by atoms with E-state index < -0.39 is 12.1 Å². The number of benzene rings is 2. The number of aliphatic carboxylic acids is 1. The van der Waals surface area contributed by atoms with Crippen molar-refractivity contribution in [3.05, 3.63) is 65.4 Å². The number of nitrogens with one attached hydrogen (secondary N) is 1. The molecule has 2 aliphatic heterocycles. The van der Waals surface area contributed by atoms with Crippen LogP contribution in [0.2, 0.25) is 0 Å². The number of halogens is 3. The molecule has 5 rings (SSSR count). The fraction of sp³-hybridized carbons (Fsp3) is 0.370. The summed E-state index contributed by atoms with van der Waals surface area (Å²) in [6.07, 6.45) is -0.698. The number of hydrogen-bond donors (Lipinski definition) is 2. The summed E-state index contributed by atoms with van der Waals surface area (Å²) in [5.41, 5.74) is 8.47. The van der Waals surface area contributed by atoms with E-state index in [-0.39, 0.29) is 6.04 Å². The van der Waals surface area contributed by atoms with E-state index >= 15 is 0 Å². The maximum Gasteiger partial charge on any atom is 0.490 e. The highest BCUT2D eigenvalue weighted by molar-refractivity contribution is 5.75. The van der Waals surface area contributed by atoms with E-state index in [1.54, 1.807) is 7.11 Å². The number of ether oxygens (including phenoxy) is 1. The van der Waals surface area contributed by atoms with Crippen LogP contribution in [0, 0.1) is 6.92 Å². The van der Waals surface area contributed by atoms with Crippen molar-refractivity contribution in [1.82, 2.24) is 19.9 Å². The first-order valence-electron chi connectivity index (χ1n) is 12.2. The second kappa shape index (κ2) is 11.3. The number of fused-ring (bicyclic) bond motifs is 3. The summed E-state index contributed by atoms with van der Waals surface area (Å²) in [6.45, 7) is 4.99. The molecule has 0 radical (unpaired) electrons. The maximum atomic E-state index is 10.6. The van der Waals surface area contributed by atoms with Crippen molar-refractivity contribution in [2.45, 2.75) is 38.5 Å². The van der Waals surface area contributed by atoms with E-state index in [2.05, 4.69) is 68.7 Å². The van der Waals surface area contributed by atoms with Crippen LogP contribution >= 0.6 is 0 Å². The van der Waals surface area contributed by atoms with Gasteiger partial charge in [-0.25, -0.2) is 9.48 Å². The van der Waals surface area contributed by atoms with Gasteiger partial charge in [0.2, 0.25) is 0 Å². The molecule has 1 aromatic heterocycles. The third-order valence-corrected chi connectivity index (χ3v) is 6.65. The van der Waals surface area contributed by atoms with Crippen LogP contribution in [0.25, 0.3) is 16.8 Å². The minimum atomic E-state index is -5.08. The average Bonchev–Trinajstić information content (AvgIpc) is 3.18. The van der Waals surface area contributed by atoms with Crippen LogP contribution in [0.1, 0.15) is 35.7 Å². The Bertz CT molecular complexity index is 1340. The van der Waals surface area contributed by atoms with Gasteiger partial charge in [-0.15, -0.1) is 5.10 Å². The molecule has 11 heteroatoms. The van der Waals surface area contributed by atoms with Gasteiger partial charge >= 0.3 is 12.1 Å². The Kier molecular flexibility index (Phi) is 8.05. The van der Waals surface area contributed by atoms with Crippen molar-refractivity contribution < 1.29 is 27.8 Å². The first kappa shape index (κ1) is 27.2. The van der Waals surface area contributed by atoms with Gasteiger partial charge in [-0.05, 0) is 61.7 Å². The Morgan fingerprint density at radius 3 is 2.61 bits per heavy atom. The lowest BCUT2D eigenvalue weighted by Crippen LogP contribution is -2.23. The maximum absolute atomic E-state index is 10.6. The van der Waals surface area contributed by atoms with Gasteiger partial charge in [0.05, 0.1) is 24.5 Å². The number of rotatable bonds is 4.